The van der Waals surface area contributed by atoms with E-state index in [1.165, 1.54) is 0 Å². The molecule has 0 saturated carbocycles. The molecule has 2 heteroatoms. The molecule has 0 amide bonds. The van der Waals surface area contributed by atoms with Crippen molar-refractivity contribution in [2.45, 2.75) is 27.2 Å². The molecule has 15 heavy (non-hydrogen) atoms. The highest BCUT2D eigenvalue weighted by atomic mass is 19.1. The Morgan fingerprint density at radius 2 is 2.13 bits per heavy atom. The Kier molecular flexibility index (Phi) is 3.36. The van der Waals surface area contributed by atoms with Crippen LogP contribution in [-0.2, 0) is 6.42 Å². The molecule has 0 fully saturated rings. The largest absolute Gasteiger partial charge is 0.396 e. The van der Waals surface area contributed by atoms with Crippen LogP contribution in [0.25, 0.3) is 0 Å². The van der Waals surface area contributed by atoms with E-state index < -0.39 is 5.82 Å². The molecule has 0 atom stereocenters. The molecular weight excluding hydrogens is 189 g/mol. The minimum absolute atomic E-state index is 0.183. The Hall–Kier alpha value is -1.49. The fraction of sp³-hybridized carbons (Fsp3) is 0.385. The average Bonchev–Trinajstić information content (AvgIpc) is 2.14. The molecule has 80 valence electrons. The summed E-state index contributed by atoms with van der Waals surface area (Å²) in [5, 5.41) is 0. The second kappa shape index (κ2) is 4.35. The quantitative estimate of drug-likeness (QED) is 0.583. The van der Waals surface area contributed by atoms with Gasteiger partial charge in [0.1, 0.15) is 5.82 Å². The number of terminal acetylenes is 1. The van der Waals surface area contributed by atoms with E-state index in [2.05, 4.69) is 19.8 Å². The van der Waals surface area contributed by atoms with Gasteiger partial charge in [0, 0.05) is 11.1 Å². The van der Waals surface area contributed by atoms with Crippen LogP contribution in [-0.4, -0.2) is 0 Å². The summed E-state index contributed by atoms with van der Waals surface area (Å²) in [4.78, 5) is 0. The summed E-state index contributed by atoms with van der Waals surface area (Å²) in [6.45, 7) is 5.86. The maximum Gasteiger partial charge on any atom is 0.150 e. The lowest BCUT2D eigenvalue weighted by atomic mass is 9.94. The van der Waals surface area contributed by atoms with Crippen LogP contribution < -0.4 is 5.73 Å². The van der Waals surface area contributed by atoms with Gasteiger partial charge in [0.05, 0.1) is 5.69 Å². The fourth-order valence-electron chi connectivity index (χ4n) is 1.69. The normalized spacial score (nSPS) is 10.4. The number of anilines is 1. The van der Waals surface area contributed by atoms with Gasteiger partial charge in [0.15, 0.2) is 0 Å². The first kappa shape index (κ1) is 11.6. The van der Waals surface area contributed by atoms with Crippen molar-refractivity contribution >= 4 is 5.69 Å². The third-order valence-electron chi connectivity index (χ3n) is 2.38. The highest BCUT2D eigenvalue weighted by Crippen LogP contribution is 2.24. The third kappa shape index (κ3) is 2.30. The van der Waals surface area contributed by atoms with E-state index in [4.69, 9.17) is 12.2 Å². The molecule has 0 heterocycles. The van der Waals surface area contributed by atoms with E-state index in [-0.39, 0.29) is 5.69 Å². The first-order valence-electron chi connectivity index (χ1n) is 5.01. The molecule has 1 nitrogen and oxygen atoms in total. The van der Waals surface area contributed by atoms with E-state index in [0.717, 1.165) is 12.0 Å². The van der Waals surface area contributed by atoms with Crippen molar-refractivity contribution < 1.29 is 4.39 Å². The maximum atomic E-state index is 13.5. The minimum atomic E-state index is -0.393. The highest BCUT2D eigenvalue weighted by molar-refractivity contribution is 5.56. The zero-order valence-corrected chi connectivity index (χ0v) is 9.39. The van der Waals surface area contributed by atoms with E-state index in [9.17, 15) is 4.39 Å². The molecule has 0 aromatic heterocycles. The molecule has 2 N–H and O–H groups in total. The van der Waals surface area contributed by atoms with Gasteiger partial charge in [-0.1, -0.05) is 19.8 Å². The summed E-state index contributed by atoms with van der Waals surface area (Å²) in [7, 11) is 0. The number of nitrogens with two attached hydrogens (primary N) is 1. The van der Waals surface area contributed by atoms with Gasteiger partial charge >= 0.3 is 0 Å². The van der Waals surface area contributed by atoms with Crippen LogP contribution in [0, 0.1) is 31.0 Å². The molecule has 0 aliphatic carbocycles. The van der Waals surface area contributed by atoms with E-state index >= 15 is 0 Å². The van der Waals surface area contributed by atoms with E-state index in [0.29, 0.717) is 17.0 Å². The lowest BCUT2D eigenvalue weighted by Crippen LogP contribution is -2.04. The van der Waals surface area contributed by atoms with Crippen LogP contribution >= 0.6 is 0 Å². The Labute approximate surface area is 90.5 Å². The molecule has 0 bridgehead atoms. The Morgan fingerprint density at radius 3 is 2.60 bits per heavy atom. The molecular formula is C13H16FN. The minimum Gasteiger partial charge on any atom is -0.396 e. The maximum absolute atomic E-state index is 13.5. The van der Waals surface area contributed by atoms with Crippen LogP contribution in [0.4, 0.5) is 10.1 Å². The Balaban J connectivity index is 3.34. The second-order valence-corrected chi connectivity index (χ2v) is 4.18. The summed E-state index contributed by atoms with van der Waals surface area (Å²) in [6.07, 6.45) is 6.21. The lowest BCUT2D eigenvalue weighted by molar-refractivity contribution is 0.615. The molecule has 1 aromatic rings. The van der Waals surface area contributed by atoms with Crippen molar-refractivity contribution in [1.29, 1.82) is 0 Å². The van der Waals surface area contributed by atoms with Gasteiger partial charge in [-0.2, -0.15) is 0 Å². The number of rotatable bonds is 2. The van der Waals surface area contributed by atoms with Crippen LogP contribution in [0.2, 0.25) is 0 Å². The van der Waals surface area contributed by atoms with Gasteiger partial charge in [-0.25, -0.2) is 4.39 Å². The first-order valence-corrected chi connectivity index (χ1v) is 5.01. The predicted molar refractivity (Wildman–Crippen MR) is 62.0 cm³/mol. The summed E-state index contributed by atoms with van der Waals surface area (Å²) >= 11 is 0. The molecule has 0 saturated heterocycles. The van der Waals surface area contributed by atoms with Crippen LogP contribution in [0.15, 0.2) is 6.07 Å². The summed E-state index contributed by atoms with van der Waals surface area (Å²) < 4.78 is 13.5. The first-order chi connectivity index (χ1) is 6.97. The van der Waals surface area contributed by atoms with Crippen molar-refractivity contribution in [1.82, 2.24) is 0 Å². The van der Waals surface area contributed by atoms with Gasteiger partial charge in [-0.3, -0.25) is 0 Å². The fourth-order valence-corrected chi connectivity index (χ4v) is 1.69. The second-order valence-electron chi connectivity index (χ2n) is 4.18. The van der Waals surface area contributed by atoms with Crippen LogP contribution in [0.5, 0.6) is 0 Å². The number of hydrogen-bond acceptors (Lipinski definition) is 1. The molecule has 0 aliphatic rings. The van der Waals surface area contributed by atoms with Crippen molar-refractivity contribution in [3.8, 4) is 12.3 Å². The van der Waals surface area contributed by atoms with Gasteiger partial charge in [-0.15, -0.1) is 6.42 Å². The lowest BCUT2D eigenvalue weighted by Gasteiger charge is -2.12. The van der Waals surface area contributed by atoms with Gasteiger partial charge < -0.3 is 5.73 Å². The Bertz CT molecular complexity index is 414. The van der Waals surface area contributed by atoms with Crippen LogP contribution in [0.1, 0.15) is 30.5 Å². The zero-order valence-electron chi connectivity index (χ0n) is 9.39. The third-order valence-corrected chi connectivity index (χ3v) is 2.38. The smallest absolute Gasteiger partial charge is 0.150 e. The van der Waals surface area contributed by atoms with E-state index in [1.54, 1.807) is 13.0 Å². The van der Waals surface area contributed by atoms with Crippen molar-refractivity contribution in [2.24, 2.45) is 5.92 Å². The highest BCUT2D eigenvalue weighted by Gasteiger charge is 2.12. The standard InChI is InChI=1S/C13H16FN/c1-5-11-9(4)13(14)12(15)7-10(11)6-8(2)3/h1,7-8H,6,15H2,2-4H3. The van der Waals surface area contributed by atoms with E-state index in [1.807, 2.05) is 0 Å². The van der Waals surface area contributed by atoms with Crippen LogP contribution in [0.3, 0.4) is 0 Å². The molecule has 0 radical (unpaired) electrons. The predicted octanol–water partition coefficient (Wildman–Crippen LogP) is 2.90. The number of benzene rings is 1. The van der Waals surface area contributed by atoms with Crippen molar-refractivity contribution in [2.75, 3.05) is 5.73 Å². The number of hydrogen-bond donors (Lipinski definition) is 1. The van der Waals surface area contributed by atoms with Gasteiger partial charge in [-0.05, 0) is 30.9 Å². The molecule has 1 aromatic carbocycles. The van der Waals surface area contributed by atoms with Gasteiger partial charge in [0.2, 0.25) is 0 Å². The van der Waals surface area contributed by atoms with Crippen molar-refractivity contribution in [3.63, 3.8) is 0 Å². The number of nitrogen functional groups attached to an aromatic ring is 1. The molecule has 0 spiro atoms. The van der Waals surface area contributed by atoms with Gasteiger partial charge in [0.25, 0.3) is 0 Å². The monoisotopic (exact) mass is 205 g/mol. The SMILES string of the molecule is C#Cc1c(CC(C)C)cc(N)c(F)c1C. The summed E-state index contributed by atoms with van der Waals surface area (Å²) in [6, 6.07) is 1.65. The Morgan fingerprint density at radius 1 is 1.53 bits per heavy atom. The molecule has 0 aliphatic heterocycles. The zero-order chi connectivity index (χ0) is 11.6. The molecule has 1 rings (SSSR count). The van der Waals surface area contributed by atoms with Crippen molar-refractivity contribution in [3.05, 3.63) is 28.6 Å². The number of halogens is 1. The summed E-state index contributed by atoms with van der Waals surface area (Å²) in [5.41, 5.74) is 7.85. The summed E-state index contributed by atoms with van der Waals surface area (Å²) in [5.74, 6) is 2.62. The topological polar surface area (TPSA) is 26.0 Å². The molecule has 0 unspecified atom stereocenters. The average molecular weight is 205 g/mol.